The van der Waals surface area contributed by atoms with E-state index in [9.17, 15) is 27.6 Å². The van der Waals surface area contributed by atoms with E-state index in [0.717, 1.165) is 76.0 Å². The van der Waals surface area contributed by atoms with Crippen LogP contribution in [-0.4, -0.2) is 42.3 Å². The van der Waals surface area contributed by atoms with Gasteiger partial charge in [-0.05, 0) is 71.7 Å². The Balaban J connectivity index is 0.00000245. The van der Waals surface area contributed by atoms with Crippen LogP contribution in [0.5, 0.6) is 0 Å². The number of alkyl halides is 3. The lowest BCUT2D eigenvalue weighted by Crippen LogP contribution is -2.29. The molecule has 0 radical (unpaired) electrons. The van der Waals surface area contributed by atoms with E-state index in [-0.39, 0.29) is 23.9 Å². The highest BCUT2D eigenvalue weighted by atomic mass is 32.1. The molecule has 3 amide bonds. The molecule has 3 heterocycles. The summed E-state index contributed by atoms with van der Waals surface area (Å²) in [4.78, 5) is 50.4. The van der Waals surface area contributed by atoms with Gasteiger partial charge in [0.15, 0.2) is 0 Å². The van der Waals surface area contributed by atoms with Crippen LogP contribution in [-0.2, 0) is 22.6 Å². The molecule has 1 N–H and O–H groups in total. The molecule has 0 bridgehead atoms. The van der Waals surface area contributed by atoms with Gasteiger partial charge < -0.3 is 14.3 Å². The van der Waals surface area contributed by atoms with Crippen molar-refractivity contribution in [2.75, 3.05) is 11.9 Å². The second-order valence-electron chi connectivity index (χ2n) is 13.7. The number of allylic oxidation sites excluding steroid dienone is 2. The molecule has 5 aromatic rings. The van der Waals surface area contributed by atoms with Gasteiger partial charge in [0.05, 0.1) is 32.9 Å². The number of carbonyl (C=O) groups is 4. The van der Waals surface area contributed by atoms with E-state index in [4.69, 9.17) is 4.79 Å². The van der Waals surface area contributed by atoms with Crippen LogP contribution in [0.1, 0.15) is 85.9 Å². The first-order valence-corrected chi connectivity index (χ1v) is 18.5. The number of benzene rings is 3. The van der Waals surface area contributed by atoms with E-state index >= 15 is 0 Å². The molecule has 54 heavy (non-hydrogen) atoms. The normalized spacial score (nSPS) is 14.6. The molecule has 11 heteroatoms. The number of aromatic nitrogens is 1. The lowest BCUT2D eigenvalue weighted by atomic mass is 9.82. The molecular weight excluding hydrogens is 712 g/mol. The van der Waals surface area contributed by atoms with Crippen LogP contribution in [0.2, 0.25) is 0 Å². The maximum absolute atomic E-state index is 14.0. The zero-order valence-electron chi connectivity index (χ0n) is 30.1. The molecule has 1 aliphatic carbocycles. The molecule has 2 aromatic heterocycles. The van der Waals surface area contributed by atoms with Crippen molar-refractivity contribution in [1.82, 2.24) is 9.88 Å². The first-order chi connectivity index (χ1) is 25.9. The molecule has 278 valence electrons. The molecule has 1 saturated carbocycles. The molecular formula is C43H40F3N3O4S. The highest BCUT2D eigenvalue weighted by Crippen LogP contribution is 2.50. The largest absolute Gasteiger partial charge is 0.393 e. The number of nitrogens with zero attached hydrogens (tertiary/aromatic N) is 2. The average Bonchev–Trinajstić information content (AvgIpc) is 3.69. The van der Waals surface area contributed by atoms with Gasteiger partial charge in [-0.25, -0.2) is 0 Å². The number of halogens is 3. The van der Waals surface area contributed by atoms with Gasteiger partial charge in [-0.2, -0.15) is 13.2 Å². The smallest absolute Gasteiger partial charge is 0.330 e. The third-order valence-electron chi connectivity index (χ3n) is 10.1. The molecule has 0 unspecified atom stereocenters. The van der Waals surface area contributed by atoms with E-state index in [1.54, 1.807) is 66.6 Å². The van der Waals surface area contributed by atoms with Crippen LogP contribution in [0.4, 0.5) is 18.9 Å². The molecule has 7 rings (SSSR count). The van der Waals surface area contributed by atoms with Gasteiger partial charge in [0.25, 0.3) is 11.8 Å². The van der Waals surface area contributed by atoms with Crippen molar-refractivity contribution >= 4 is 63.4 Å². The number of hydrogen-bond donors (Lipinski definition) is 1. The van der Waals surface area contributed by atoms with Crippen LogP contribution < -0.4 is 10.2 Å². The zero-order chi connectivity index (χ0) is 38.7. The fraction of sp³-hybridized carbons (Fsp3) is 0.256. The summed E-state index contributed by atoms with van der Waals surface area (Å²) >= 11 is 1.36. The van der Waals surface area contributed by atoms with Crippen molar-refractivity contribution in [2.24, 2.45) is 0 Å². The molecule has 3 aromatic carbocycles. The van der Waals surface area contributed by atoms with Crippen LogP contribution in [0, 0.1) is 6.92 Å². The highest BCUT2D eigenvalue weighted by molar-refractivity contribution is 7.21. The first kappa shape index (κ1) is 38.2. The van der Waals surface area contributed by atoms with Crippen LogP contribution >= 0.6 is 11.3 Å². The van der Waals surface area contributed by atoms with Gasteiger partial charge in [0.2, 0.25) is 5.91 Å². The number of fused-ring (bicyclic) bond motifs is 5. The van der Waals surface area contributed by atoms with E-state index < -0.39 is 24.4 Å². The molecule has 1 fully saturated rings. The fourth-order valence-corrected chi connectivity index (χ4v) is 8.72. The molecule has 2 aliphatic rings. The summed E-state index contributed by atoms with van der Waals surface area (Å²) in [5.74, 6) is -0.870. The van der Waals surface area contributed by atoms with E-state index in [1.807, 2.05) is 30.4 Å². The molecule has 1 aliphatic heterocycles. The van der Waals surface area contributed by atoms with Crippen molar-refractivity contribution in [3.63, 3.8) is 0 Å². The van der Waals surface area contributed by atoms with E-state index in [2.05, 4.69) is 18.0 Å². The van der Waals surface area contributed by atoms with Crippen molar-refractivity contribution in [3.8, 4) is 11.3 Å². The number of nitrogens with one attached hydrogen (secondary N) is 1. The number of amides is 3. The minimum atomic E-state index is -4.32. The molecule has 0 spiro atoms. The Labute approximate surface area is 315 Å². The Hall–Kier alpha value is -5.55. The van der Waals surface area contributed by atoms with Gasteiger partial charge >= 0.3 is 6.18 Å². The SMILES string of the molecule is C=C(/C=C\c1c(C)ccc2c1N(C)C(=O)Cn1c-2c(C2CCCCC2)c2sc(C(=O)NC(=O)c3ccccc3)cc21)c1cccc(CC(F)(F)F)c1.C=O. The minimum Gasteiger partial charge on any atom is -0.330 e. The Morgan fingerprint density at radius 3 is 2.35 bits per heavy atom. The number of aryl methyl sites for hydroxylation is 1. The predicted molar refractivity (Wildman–Crippen MR) is 209 cm³/mol. The molecule has 0 saturated heterocycles. The highest BCUT2D eigenvalue weighted by Gasteiger charge is 2.35. The minimum absolute atomic E-state index is 0.0609. The zero-order valence-corrected chi connectivity index (χ0v) is 30.9. The predicted octanol–water partition coefficient (Wildman–Crippen LogP) is 9.92. The summed E-state index contributed by atoms with van der Waals surface area (Å²) in [5.41, 5.74) is 7.94. The third kappa shape index (κ3) is 7.72. The van der Waals surface area contributed by atoms with Gasteiger partial charge in [0.1, 0.15) is 13.3 Å². The monoisotopic (exact) mass is 751 g/mol. The van der Waals surface area contributed by atoms with Gasteiger partial charge in [-0.15, -0.1) is 11.3 Å². The van der Waals surface area contributed by atoms with E-state index in [1.165, 1.54) is 23.5 Å². The second-order valence-corrected chi connectivity index (χ2v) is 14.7. The fourth-order valence-electron chi connectivity index (χ4n) is 7.54. The van der Waals surface area contributed by atoms with Gasteiger partial charge in [-0.1, -0.05) is 92.6 Å². The summed E-state index contributed by atoms with van der Waals surface area (Å²) in [6.45, 7) is 8.19. The summed E-state index contributed by atoms with van der Waals surface area (Å²) < 4.78 is 42.3. The Kier molecular flexibility index (Phi) is 11.2. The lowest BCUT2D eigenvalue weighted by molar-refractivity contribution is -0.127. The maximum Gasteiger partial charge on any atom is 0.393 e. The second kappa shape index (κ2) is 15.8. The summed E-state index contributed by atoms with van der Waals surface area (Å²) in [7, 11) is 1.76. The van der Waals surface area contributed by atoms with E-state index in [0.29, 0.717) is 21.6 Å². The van der Waals surface area contributed by atoms with Gasteiger partial charge in [-0.3, -0.25) is 19.7 Å². The third-order valence-corrected chi connectivity index (χ3v) is 11.3. The number of likely N-dealkylation sites (N-methyl/N-ethyl adjacent to an activating group) is 1. The molecule has 7 nitrogen and oxygen atoms in total. The van der Waals surface area contributed by atoms with Crippen molar-refractivity contribution in [3.05, 3.63) is 124 Å². The lowest BCUT2D eigenvalue weighted by Gasteiger charge is -2.25. The van der Waals surface area contributed by atoms with Crippen LogP contribution in [0.15, 0.2) is 85.5 Å². The number of rotatable bonds is 7. The summed E-state index contributed by atoms with van der Waals surface area (Å²) in [6.07, 6.45) is 3.65. The Bertz CT molecular complexity index is 2280. The maximum atomic E-state index is 14.0. The average molecular weight is 752 g/mol. The van der Waals surface area contributed by atoms with Crippen molar-refractivity contribution in [1.29, 1.82) is 0 Å². The van der Waals surface area contributed by atoms with Crippen molar-refractivity contribution in [2.45, 2.75) is 64.1 Å². The quantitative estimate of drug-likeness (QED) is 0.133. The summed E-state index contributed by atoms with van der Waals surface area (Å²) in [5, 5.41) is 2.53. The number of imide groups is 1. The number of carbonyl (C=O) groups excluding carboxylic acids is 4. The number of thiophene rings is 1. The first-order valence-electron chi connectivity index (χ1n) is 17.7. The van der Waals surface area contributed by atoms with Gasteiger partial charge in [0, 0.05) is 23.7 Å². The topological polar surface area (TPSA) is 88.5 Å². The van der Waals surface area contributed by atoms with Crippen LogP contribution in [0.25, 0.3) is 33.1 Å². The standard InChI is InChI=1S/C42H38F3N3O3S.CH2O/c1-25(30-16-10-11-27(21-30)23-42(43,44)45)17-19-31-26(2)18-20-32-37(31)47(3)35(49)24-48-33-22-34(41(51)46-40(50)29-14-8-5-9-15-29)52-39(33)36(38(32)48)28-12-6-4-7-13-28;1-2/h5,8-11,14-22,28H,1,4,6-7,12-13,23-24H2,2-3H3,(H,46,50,51);1H2/b19-17-;. The molecule has 0 atom stereocenters. The number of hydrogen-bond acceptors (Lipinski definition) is 5. The van der Waals surface area contributed by atoms with Crippen molar-refractivity contribution < 1.29 is 32.3 Å². The Morgan fingerprint density at radius 1 is 0.944 bits per heavy atom. The summed E-state index contributed by atoms with van der Waals surface area (Å²) in [6, 6.07) is 20.8. The number of anilines is 1. The van der Waals surface area contributed by atoms with Crippen LogP contribution in [0.3, 0.4) is 0 Å². The Morgan fingerprint density at radius 2 is 1.65 bits per heavy atom.